The number of aryl methyl sites for hydroxylation is 2. The zero-order chi connectivity index (χ0) is 26.5. The highest BCUT2D eigenvalue weighted by Gasteiger charge is 2.29. The molecule has 0 saturated heterocycles. The molecule has 3 N–H and O–H groups in total. The number of hydrogen-bond donors (Lipinski definition) is 2. The average molecular weight is 496 g/mol. The molecule has 3 aromatic rings. The first-order valence-corrected chi connectivity index (χ1v) is 13.0. The number of carbonyl (C=O) groups is 1. The van der Waals surface area contributed by atoms with E-state index in [9.17, 15) is 9.59 Å². The highest BCUT2D eigenvalue weighted by molar-refractivity contribution is 5.96. The molecule has 5 nitrogen and oxygen atoms in total. The second-order valence-electron chi connectivity index (χ2n) is 10.0. The van der Waals surface area contributed by atoms with Crippen LogP contribution in [0.5, 0.6) is 0 Å². The number of aromatic nitrogens is 1. The van der Waals surface area contributed by atoms with Gasteiger partial charge >= 0.3 is 0 Å². The van der Waals surface area contributed by atoms with Crippen LogP contribution in [0, 0.1) is 19.8 Å². The van der Waals surface area contributed by atoms with Crippen molar-refractivity contribution in [3.63, 3.8) is 0 Å². The molecule has 1 aliphatic carbocycles. The van der Waals surface area contributed by atoms with Crippen LogP contribution in [0.2, 0.25) is 0 Å². The summed E-state index contributed by atoms with van der Waals surface area (Å²) in [6, 6.07) is 17.8. The summed E-state index contributed by atoms with van der Waals surface area (Å²) in [6.45, 7) is 9.98. The zero-order valence-corrected chi connectivity index (χ0v) is 22.3. The number of amides is 1. The van der Waals surface area contributed by atoms with Gasteiger partial charge in [0.05, 0.1) is 6.54 Å². The van der Waals surface area contributed by atoms with E-state index in [-0.39, 0.29) is 17.4 Å². The minimum absolute atomic E-state index is 0.00104. The largest absolute Gasteiger partial charge is 0.348 e. The number of nitrogens with two attached hydrogens (primary N) is 1. The number of benzene rings is 2. The third kappa shape index (κ3) is 6.00. The van der Waals surface area contributed by atoms with Crippen molar-refractivity contribution in [3.05, 3.63) is 127 Å². The van der Waals surface area contributed by atoms with E-state index in [4.69, 9.17) is 5.73 Å². The fraction of sp³-hybridized carbons (Fsp3) is 0.312. The number of hydrogen-bond acceptors (Lipinski definition) is 3. The van der Waals surface area contributed by atoms with E-state index in [1.54, 1.807) is 16.7 Å². The van der Waals surface area contributed by atoms with E-state index in [1.807, 2.05) is 12.3 Å². The maximum atomic E-state index is 13.3. The van der Waals surface area contributed by atoms with Crippen LogP contribution in [0.25, 0.3) is 0 Å². The van der Waals surface area contributed by atoms with Gasteiger partial charge in [-0.05, 0) is 73.1 Å². The van der Waals surface area contributed by atoms with Crippen molar-refractivity contribution in [1.82, 2.24) is 9.88 Å². The van der Waals surface area contributed by atoms with E-state index in [2.05, 4.69) is 75.5 Å². The van der Waals surface area contributed by atoms with Gasteiger partial charge in [0.15, 0.2) is 0 Å². The highest BCUT2D eigenvalue weighted by Crippen LogP contribution is 2.36. The molecule has 0 saturated carbocycles. The molecule has 0 radical (unpaired) electrons. The molecule has 37 heavy (non-hydrogen) atoms. The maximum absolute atomic E-state index is 13.3. The van der Waals surface area contributed by atoms with E-state index >= 15 is 0 Å². The van der Waals surface area contributed by atoms with Gasteiger partial charge in [-0.3, -0.25) is 9.59 Å². The molecule has 192 valence electrons. The molecule has 4 rings (SSSR count). The topological polar surface area (TPSA) is 77.1 Å². The quantitative estimate of drug-likeness (QED) is 0.433. The van der Waals surface area contributed by atoms with Crippen molar-refractivity contribution >= 4 is 5.91 Å². The molecule has 1 atom stereocenters. The van der Waals surface area contributed by atoms with Gasteiger partial charge in [0.1, 0.15) is 0 Å². The Kier molecular flexibility index (Phi) is 8.24. The summed E-state index contributed by atoms with van der Waals surface area (Å²) in [5.41, 5.74) is 16.0. The van der Waals surface area contributed by atoms with Crippen LogP contribution in [0.15, 0.2) is 88.4 Å². The zero-order valence-electron chi connectivity index (χ0n) is 22.3. The smallest absolute Gasteiger partial charge is 0.250 e. The molecular weight excluding hydrogens is 458 g/mol. The minimum atomic E-state index is -0.00104. The summed E-state index contributed by atoms with van der Waals surface area (Å²) in [4.78, 5) is 25.3. The van der Waals surface area contributed by atoms with Crippen molar-refractivity contribution < 1.29 is 4.79 Å². The molecule has 1 aromatic heterocycles. The number of nitrogens with zero attached hydrogens (tertiary/aromatic N) is 1. The Hall–Kier alpha value is -3.70. The summed E-state index contributed by atoms with van der Waals surface area (Å²) in [5.74, 6) is 0.121. The Morgan fingerprint density at radius 2 is 1.65 bits per heavy atom. The van der Waals surface area contributed by atoms with Crippen molar-refractivity contribution in [2.75, 3.05) is 0 Å². The third-order valence-electron chi connectivity index (χ3n) is 7.43. The van der Waals surface area contributed by atoms with Gasteiger partial charge in [-0.25, -0.2) is 0 Å². The standard InChI is InChI=1S/C32H37N3O2/c1-5-27-28(17-24-9-11-25(12-10-24)20-35-13-7-6-8-31(35)36)23(4)16-29(27)32(37)34-19-30-21(2)14-26(18-33)15-22(30)3/h6-16,27H,5,17-20,33H2,1-4H3,(H,34,37). The first kappa shape index (κ1) is 26.4. The fourth-order valence-corrected chi connectivity index (χ4v) is 5.36. The molecule has 1 amide bonds. The second-order valence-corrected chi connectivity index (χ2v) is 10.0. The number of nitrogens with one attached hydrogen (secondary N) is 1. The van der Waals surface area contributed by atoms with Crippen molar-refractivity contribution in [3.8, 4) is 0 Å². The molecule has 0 fully saturated rings. The predicted octanol–water partition coefficient (Wildman–Crippen LogP) is 5.11. The summed E-state index contributed by atoms with van der Waals surface area (Å²) < 4.78 is 1.70. The summed E-state index contributed by atoms with van der Waals surface area (Å²) >= 11 is 0. The fourth-order valence-electron chi connectivity index (χ4n) is 5.36. The minimum Gasteiger partial charge on any atom is -0.348 e. The van der Waals surface area contributed by atoms with Gasteiger partial charge < -0.3 is 15.6 Å². The molecule has 0 spiro atoms. The molecule has 1 heterocycles. The predicted molar refractivity (Wildman–Crippen MR) is 150 cm³/mol. The molecule has 1 unspecified atom stereocenters. The Balaban J connectivity index is 1.41. The Morgan fingerprint density at radius 1 is 0.973 bits per heavy atom. The van der Waals surface area contributed by atoms with Gasteiger partial charge in [-0.2, -0.15) is 0 Å². The van der Waals surface area contributed by atoms with Crippen LogP contribution in [-0.2, 0) is 30.8 Å². The molecule has 1 aliphatic rings. The van der Waals surface area contributed by atoms with Crippen molar-refractivity contribution in [1.29, 1.82) is 0 Å². The van der Waals surface area contributed by atoms with E-state index in [0.29, 0.717) is 19.6 Å². The van der Waals surface area contributed by atoms with Gasteiger partial charge in [-0.15, -0.1) is 0 Å². The van der Waals surface area contributed by atoms with Gasteiger partial charge in [0.25, 0.3) is 5.56 Å². The molecule has 0 aliphatic heterocycles. The van der Waals surface area contributed by atoms with Crippen LogP contribution in [-0.4, -0.2) is 10.5 Å². The Bertz CT molecular complexity index is 1390. The number of pyridine rings is 1. The highest BCUT2D eigenvalue weighted by atomic mass is 16.1. The average Bonchev–Trinajstić information content (AvgIpc) is 3.20. The first-order valence-electron chi connectivity index (χ1n) is 13.0. The Labute approximate surface area is 219 Å². The normalized spacial score (nSPS) is 15.2. The number of rotatable bonds is 9. The monoisotopic (exact) mass is 495 g/mol. The lowest BCUT2D eigenvalue weighted by Gasteiger charge is -2.19. The third-order valence-corrected chi connectivity index (χ3v) is 7.43. The van der Waals surface area contributed by atoms with Crippen LogP contribution < -0.4 is 16.6 Å². The number of allylic oxidation sites excluding steroid dienone is 3. The van der Waals surface area contributed by atoms with Gasteiger partial charge in [-0.1, -0.05) is 66.6 Å². The van der Waals surface area contributed by atoms with Gasteiger partial charge in [0.2, 0.25) is 5.91 Å². The lowest BCUT2D eigenvalue weighted by Crippen LogP contribution is -2.28. The summed E-state index contributed by atoms with van der Waals surface area (Å²) in [7, 11) is 0. The van der Waals surface area contributed by atoms with E-state index in [0.717, 1.165) is 46.2 Å². The lowest BCUT2D eigenvalue weighted by atomic mass is 9.87. The molecule has 2 aromatic carbocycles. The molecular formula is C32H37N3O2. The summed E-state index contributed by atoms with van der Waals surface area (Å²) in [5, 5.41) is 3.17. The second kappa shape index (κ2) is 11.6. The van der Waals surface area contributed by atoms with Crippen LogP contribution in [0.4, 0.5) is 0 Å². The van der Waals surface area contributed by atoms with E-state index in [1.165, 1.54) is 16.7 Å². The SMILES string of the molecule is CCC1C(C(=O)NCc2c(C)cc(CN)cc2C)=CC(C)=C1Cc1ccc(Cn2ccccc2=O)cc1. The lowest BCUT2D eigenvalue weighted by molar-refractivity contribution is -0.118. The number of carbonyl (C=O) groups excluding carboxylic acids is 1. The molecule has 0 bridgehead atoms. The van der Waals surface area contributed by atoms with Gasteiger partial charge in [0, 0.05) is 36.8 Å². The van der Waals surface area contributed by atoms with Crippen molar-refractivity contribution in [2.24, 2.45) is 11.7 Å². The summed E-state index contributed by atoms with van der Waals surface area (Å²) in [6.07, 6.45) is 5.56. The Morgan fingerprint density at radius 3 is 2.27 bits per heavy atom. The van der Waals surface area contributed by atoms with Crippen molar-refractivity contribution in [2.45, 2.75) is 60.2 Å². The molecule has 5 heteroatoms. The van der Waals surface area contributed by atoms with Crippen LogP contribution in [0.1, 0.15) is 53.6 Å². The van der Waals surface area contributed by atoms with Crippen LogP contribution in [0.3, 0.4) is 0 Å². The van der Waals surface area contributed by atoms with E-state index < -0.39 is 0 Å². The first-order chi connectivity index (χ1) is 17.8. The van der Waals surface area contributed by atoms with Crippen LogP contribution >= 0.6 is 0 Å². The maximum Gasteiger partial charge on any atom is 0.250 e.